The third kappa shape index (κ3) is 21.2. The summed E-state index contributed by atoms with van der Waals surface area (Å²) in [6.45, 7) is 35.5. The first-order valence-corrected chi connectivity index (χ1v) is 25.6. The largest absolute Gasteiger partial charge is 0.497 e. The standard InChI is InChI=1S/C21H25N3O2.C19H31NO.C9H19N.C9H21N/c1-20(2,3)22-14-15-24-18(25)21(23-19(24)26,16-10-6-4-7-11-16)17-12-8-5-9-13-17;1-19(2,3)15-17-10-13-20(14-11-17)12-9-16-5-7-18(21-4)8-6-16;1-9(2,3)10-7-5-4-6-8-10;1-9(2,3)7-6-8-10(4)5/h4-13,22H,14-15H2,1-3H3,(H,23,26);5-8,17H,9-15H2,1-4H3;4-8H2,1-3H3;6-8H2,1-5H3. The molecule has 0 unspecified atom stereocenters. The summed E-state index contributed by atoms with van der Waals surface area (Å²) in [4.78, 5) is 34.8. The molecular formula is C58H96N6O3. The quantitative estimate of drug-likeness (QED) is 0.165. The summed E-state index contributed by atoms with van der Waals surface area (Å²) >= 11 is 0. The summed E-state index contributed by atoms with van der Waals surface area (Å²) < 4.78 is 5.20. The van der Waals surface area contributed by atoms with Crippen LogP contribution in [0.25, 0.3) is 0 Å². The van der Waals surface area contributed by atoms with E-state index in [0.29, 0.717) is 29.5 Å². The monoisotopic (exact) mass is 925 g/mol. The van der Waals surface area contributed by atoms with Crippen LogP contribution in [-0.4, -0.2) is 116 Å². The van der Waals surface area contributed by atoms with Crippen LogP contribution in [0, 0.1) is 16.7 Å². The Hall–Kier alpha value is -3.76. The number of carbonyl (C=O) groups is 2. The molecule has 6 rings (SSSR count). The van der Waals surface area contributed by atoms with Crippen LogP contribution in [0.5, 0.6) is 5.75 Å². The summed E-state index contributed by atoms with van der Waals surface area (Å²) in [5.74, 6) is 1.64. The van der Waals surface area contributed by atoms with Gasteiger partial charge in [-0.2, -0.15) is 0 Å². The molecule has 67 heavy (non-hydrogen) atoms. The van der Waals surface area contributed by atoms with E-state index >= 15 is 0 Å². The summed E-state index contributed by atoms with van der Waals surface area (Å²) in [6, 6.07) is 26.9. The number of piperidine rings is 2. The van der Waals surface area contributed by atoms with Crippen LogP contribution < -0.4 is 15.4 Å². The number of imide groups is 1. The lowest BCUT2D eigenvalue weighted by atomic mass is 9.80. The van der Waals surface area contributed by atoms with E-state index in [1.165, 1.54) is 101 Å². The van der Waals surface area contributed by atoms with Crippen LogP contribution in [0.4, 0.5) is 4.79 Å². The van der Waals surface area contributed by atoms with Crippen LogP contribution in [-0.2, 0) is 16.8 Å². The van der Waals surface area contributed by atoms with Crippen molar-refractivity contribution in [3.63, 3.8) is 0 Å². The molecule has 3 aliphatic rings. The number of amides is 3. The lowest BCUT2D eigenvalue weighted by molar-refractivity contribution is -0.130. The highest BCUT2D eigenvalue weighted by atomic mass is 16.5. The molecule has 0 aliphatic carbocycles. The Labute approximate surface area is 410 Å². The lowest BCUT2D eigenvalue weighted by Gasteiger charge is -2.38. The molecule has 0 spiro atoms. The topological polar surface area (TPSA) is 80.4 Å². The van der Waals surface area contributed by atoms with Gasteiger partial charge in [0.15, 0.2) is 5.54 Å². The molecule has 2 N–H and O–H groups in total. The first-order chi connectivity index (χ1) is 31.3. The number of likely N-dealkylation sites (tertiary alicyclic amines) is 2. The predicted octanol–water partition coefficient (Wildman–Crippen LogP) is 11.9. The molecule has 3 fully saturated rings. The van der Waals surface area contributed by atoms with E-state index in [9.17, 15) is 9.59 Å². The van der Waals surface area contributed by atoms with Gasteiger partial charge in [0.25, 0.3) is 5.91 Å². The Balaban J connectivity index is 0.000000258. The van der Waals surface area contributed by atoms with Crippen molar-refractivity contribution in [3.8, 4) is 5.75 Å². The highest BCUT2D eigenvalue weighted by Crippen LogP contribution is 2.36. The third-order valence-electron chi connectivity index (χ3n) is 12.8. The molecule has 3 amide bonds. The zero-order valence-corrected chi connectivity index (χ0v) is 45.2. The molecule has 376 valence electrons. The van der Waals surface area contributed by atoms with Crippen molar-refractivity contribution < 1.29 is 14.3 Å². The van der Waals surface area contributed by atoms with E-state index in [1.54, 1.807) is 7.11 Å². The molecule has 9 heteroatoms. The van der Waals surface area contributed by atoms with Crippen LogP contribution in [0.3, 0.4) is 0 Å². The van der Waals surface area contributed by atoms with Gasteiger partial charge in [-0.15, -0.1) is 0 Å². The van der Waals surface area contributed by atoms with Crippen LogP contribution >= 0.6 is 0 Å². The number of rotatable bonds is 13. The van der Waals surface area contributed by atoms with Gasteiger partial charge in [0, 0.05) is 30.7 Å². The highest BCUT2D eigenvalue weighted by Gasteiger charge is 2.53. The molecule has 9 nitrogen and oxygen atoms in total. The van der Waals surface area contributed by atoms with Gasteiger partial charge < -0.3 is 25.2 Å². The summed E-state index contributed by atoms with van der Waals surface area (Å²) in [5, 5.41) is 6.28. The number of ether oxygens (including phenoxy) is 1. The maximum Gasteiger partial charge on any atom is 0.325 e. The van der Waals surface area contributed by atoms with Gasteiger partial charge in [0.1, 0.15) is 5.75 Å². The first-order valence-electron chi connectivity index (χ1n) is 25.6. The molecule has 3 aliphatic heterocycles. The Morgan fingerprint density at radius 2 is 1.24 bits per heavy atom. The summed E-state index contributed by atoms with van der Waals surface area (Å²) in [6.07, 6.45) is 12.1. The molecule has 0 bridgehead atoms. The van der Waals surface area contributed by atoms with Crippen molar-refractivity contribution in [2.24, 2.45) is 16.7 Å². The third-order valence-corrected chi connectivity index (χ3v) is 12.8. The number of methoxy groups -OCH3 is 1. The number of urea groups is 1. The van der Waals surface area contributed by atoms with Crippen molar-refractivity contribution >= 4 is 11.9 Å². The average molecular weight is 925 g/mol. The fourth-order valence-electron chi connectivity index (χ4n) is 9.11. The minimum absolute atomic E-state index is 0.0742. The number of benzene rings is 3. The Morgan fingerprint density at radius 1 is 0.701 bits per heavy atom. The van der Waals surface area contributed by atoms with Crippen molar-refractivity contribution in [2.45, 2.75) is 157 Å². The molecule has 3 aromatic carbocycles. The van der Waals surface area contributed by atoms with Gasteiger partial charge in [-0.25, -0.2) is 4.79 Å². The van der Waals surface area contributed by atoms with E-state index in [4.69, 9.17) is 4.74 Å². The number of nitrogens with zero attached hydrogens (tertiary/aromatic N) is 4. The summed E-state index contributed by atoms with van der Waals surface area (Å²) in [5.41, 5.74) is 3.07. The normalized spacial score (nSPS) is 17.4. The molecule has 3 aromatic rings. The zero-order chi connectivity index (χ0) is 49.9. The van der Waals surface area contributed by atoms with Gasteiger partial charge in [-0.1, -0.05) is 121 Å². The fraction of sp³-hybridized carbons (Fsp3) is 0.655. The van der Waals surface area contributed by atoms with E-state index in [1.807, 2.05) is 60.7 Å². The second-order valence-electron chi connectivity index (χ2n) is 23.9. The maximum atomic E-state index is 13.4. The number of nitrogens with one attached hydrogen (secondary N) is 2. The minimum Gasteiger partial charge on any atom is -0.497 e. The second kappa shape index (κ2) is 26.8. The van der Waals surface area contributed by atoms with E-state index in [0.717, 1.165) is 29.2 Å². The fourth-order valence-corrected chi connectivity index (χ4v) is 9.11. The zero-order valence-electron chi connectivity index (χ0n) is 45.2. The van der Waals surface area contributed by atoms with E-state index in [2.05, 4.69) is 147 Å². The molecule has 0 radical (unpaired) electrons. The smallest absolute Gasteiger partial charge is 0.325 e. The van der Waals surface area contributed by atoms with Crippen molar-refractivity contribution in [1.82, 2.24) is 30.2 Å². The van der Waals surface area contributed by atoms with Crippen LogP contribution in [0.2, 0.25) is 0 Å². The molecule has 0 saturated carbocycles. The molecule has 0 atom stereocenters. The van der Waals surface area contributed by atoms with Crippen LogP contribution in [0.1, 0.15) is 151 Å². The molecule has 3 saturated heterocycles. The van der Waals surface area contributed by atoms with Crippen molar-refractivity contribution in [1.29, 1.82) is 0 Å². The van der Waals surface area contributed by atoms with E-state index in [-0.39, 0.29) is 17.5 Å². The number of hydrogen-bond donors (Lipinski definition) is 2. The Morgan fingerprint density at radius 3 is 1.67 bits per heavy atom. The summed E-state index contributed by atoms with van der Waals surface area (Å²) in [7, 11) is 5.97. The highest BCUT2D eigenvalue weighted by molar-refractivity contribution is 6.09. The van der Waals surface area contributed by atoms with Gasteiger partial charge in [-0.05, 0) is 185 Å². The maximum absolute atomic E-state index is 13.4. The van der Waals surface area contributed by atoms with Gasteiger partial charge in [-0.3, -0.25) is 14.6 Å². The Bertz CT molecular complexity index is 1780. The SMILES string of the molecule is CC(C)(C)N1CCCCC1.CC(C)(C)NCCN1C(=O)NC(c2ccccc2)(c2ccccc2)C1=O.CN(C)CCCC(C)(C)C.COc1ccc(CCN2CCC(CC(C)(C)C)CC2)cc1. The second-order valence-corrected chi connectivity index (χ2v) is 23.9. The minimum atomic E-state index is -1.18. The van der Waals surface area contributed by atoms with Crippen molar-refractivity contribution in [3.05, 3.63) is 102 Å². The molecule has 0 aromatic heterocycles. The number of hydrogen-bond acceptors (Lipinski definition) is 7. The van der Waals surface area contributed by atoms with Gasteiger partial charge in [0.2, 0.25) is 0 Å². The number of carbonyl (C=O) groups excluding carboxylic acids is 2. The average Bonchev–Trinajstić information content (AvgIpc) is 3.52. The predicted molar refractivity (Wildman–Crippen MR) is 284 cm³/mol. The van der Waals surface area contributed by atoms with E-state index < -0.39 is 5.54 Å². The van der Waals surface area contributed by atoms with Gasteiger partial charge in [0.05, 0.1) is 7.11 Å². The molecular weight excluding hydrogens is 829 g/mol. The first kappa shape index (κ1) is 57.6. The molecule has 3 heterocycles. The van der Waals surface area contributed by atoms with Crippen molar-refractivity contribution in [2.75, 3.05) is 73.6 Å². The lowest BCUT2D eigenvalue weighted by Crippen LogP contribution is -2.46. The van der Waals surface area contributed by atoms with Crippen LogP contribution in [0.15, 0.2) is 84.9 Å². The Kier molecular flexibility index (Phi) is 23.1. The van der Waals surface area contributed by atoms with Gasteiger partial charge >= 0.3 is 6.03 Å².